The molecule has 1 fully saturated rings. The van der Waals surface area contributed by atoms with Crippen LogP contribution < -0.4 is 16.1 Å². The van der Waals surface area contributed by atoms with Crippen molar-refractivity contribution in [2.24, 2.45) is 0 Å². The Morgan fingerprint density at radius 1 is 1.18 bits per heavy atom. The van der Waals surface area contributed by atoms with Crippen LogP contribution in [-0.4, -0.2) is 36.4 Å². The molecule has 2 amide bonds. The minimum Gasteiger partial charge on any atom is -0.325 e. The van der Waals surface area contributed by atoms with E-state index in [-0.39, 0.29) is 29.5 Å². The van der Waals surface area contributed by atoms with Crippen molar-refractivity contribution in [3.8, 4) is 10.4 Å². The van der Waals surface area contributed by atoms with Gasteiger partial charge in [0.2, 0.25) is 11.8 Å². The van der Waals surface area contributed by atoms with Gasteiger partial charge >= 0.3 is 0 Å². The Morgan fingerprint density at radius 2 is 2.04 bits per heavy atom. The van der Waals surface area contributed by atoms with Gasteiger partial charge in [-0.2, -0.15) is 0 Å². The van der Waals surface area contributed by atoms with Crippen molar-refractivity contribution in [1.29, 1.82) is 0 Å². The van der Waals surface area contributed by atoms with Crippen LogP contribution in [0, 0.1) is 0 Å². The number of thiophene rings is 1. The van der Waals surface area contributed by atoms with Crippen LogP contribution in [0.2, 0.25) is 0 Å². The summed E-state index contributed by atoms with van der Waals surface area (Å²) in [6.07, 6.45) is 3.42. The fourth-order valence-corrected chi connectivity index (χ4v) is 6.31. The van der Waals surface area contributed by atoms with Crippen LogP contribution in [0.4, 0.5) is 5.69 Å². The maximum atomic E-state index is 11.9. The third-order valence-electron chi connectivity index (χ3n) is 4.75. The zero-order chi connectivity index (χ0) is 20.0. The smallest absolute Gasteiger partial charge is 0.245 e. The van der Waals surface area contributed by atoms with E-state index in [2.05, 4.69) is 22.8 Å². The number of rotatable bonds is 7. The van der Waals surface area contributed by atoms with E-state index in [1.165, 1.54) is 0 Å². The SMILES string of the molecule is CNCC(=O)Nc1cccc(-c2ccc([C@@]3(CC(=O)NO)CCCCS3)s2)c1. The lowest BCUT2D eigenvalue weighted by Gasteiger charge is -2.35. The Morgan fingerprint density at radius 3 is 2.75 bits per heavy atom. The van der Waals surface area contributed by atoms with E-state index < -0.39 is 0 Å². The standard InChI is InChI=1S/C20H25N3O3S2/c1-21-13-19(25)22-15-6-4-5-14(11-15)16-7-8-17(28-16)20(12-18(24)23-26)9-2-3-10-27-20/h4-8,11,21,26H,2-3,9-10,12-13H2,1H3,(H,22,25)(H,23,24)/t20-/m0/s1. The van der Waals surface area contributed by atoms with Crippen LogP contribution in [-0.2, 0) is 14.3 Å². The van der Waals surface area contributed by atoms with E-state index in [1.807, 2.05) is 36.0 Å². The fourth-order valence-electron chi connectivity index (χ4n) is 3.43. The second-order valence-electron chi connectivity index (χ2n) is 6.83. The summed E-state index contributed by atoms with van der Waals surface area (Å²) in [6, 6.07) is 11.9. The van der Waals surface area contributed by atoms with Gasteiger partial charge < -0.3 is 10.6 Å². The summed E-state index contributed by atoms with van der Waals surface area (Å²) in [5.74, 6) is 0.580. The van der Waals surface area contributed by atoms with Gasteiger partial charge in [-0.3, -0.25) is 14.8 Å². The number of benzene rings is 1. The highest BCUT2D eigenvalue weighted by Crippen LogP contribution is 2.50. The van der Waals surface area contributed by atoms with Gasteiger partial charge in [0.1, 0.15) is 0 Å². The van der Waals surface area contributed by atoms with Crippen LogP contribution in [0.25, 0.3) is 10.4 Å². The van der Waals surface area contributed by atoms with E-state index in [9.17, 15) is 9.59 Å². The monoisotopic (exact) mass is 419 g/mol. The first kappa shape index (κ1) is 20.9. The van der Waals surface area contributed by atoms with Crippen molar-refractivity contribution >= 4 is 40.6 Å². The average molecular weight is 420 g/mol. The number of thioether (sulfide) groups is 1. The molecule has 1 atom stereocenters. The van der Waals surface area contributed by atoms with E-state index in [1.54, 1.807) is 23.9 Å². The molecule has 3 rings (SSSR count). The van der Waals surface area contributed by atoms with E-state index in [0.29, 0.717) is 0 Å². The molecular weight excluding hydrogens is 394 g/mol. The zero-order valence-corrected chi connectivity index (χ0v) is 17.4. The van der Waals surface area contributed by atoms with Crippen LogP contribution in [0.3, 0.4) is 0 Å². The lowest BCUT2D eigenvalue weighted by Crippen LogP contribution is -2.32. The molecule has 0 aliphatic carbocycles. The molecule has 0 saturated carbocycles. The van der Waals surface area contributed by atoms with Crippen molar-refractivity contribution < 1.29 is 14.8 Å². The molecule has 1 aliphatic heterocycles. The van der Waals surface area contributed by atoms with Gasteiger partial charge in [-0.05, 0) is 55.5 Å². The predicted octanol–water partition coefficient (Wildman–Crippen LogP) is 3.58. The van der Waals surface area contributed by atoms with Crippen LogP contribution in [0.15, 0.2) is 36.4 Å². The Labute approximate surface area is 173 Å². The molecule has 1 aliphatic rings. The van der Waals surface area contributed by atoms with Crippen molar-refractivity contribution in [3.05, 3.63) is 41.3 Å². The molecule has 0 radical (unpaired) electrons. The Balaban J connectivity index is 1.84. The Kier molecular flexibility index (Phi) is 7.12. The second-order valence-corrected chi connectivity index (χ2v) is 9.40. The number of anilines is 1. The molecule has 2 heterocycles. The molecule has 0 bridgehead atoms. The normalized spacial score (nSPS) is 19.2. The third-order valence-corrected chi connectivity index (χ3v) is 7.83. The number of likely N-dealkylation sites (N-methyl/N-ethyl adjacent to an activating group) is 1. The molecule has 8 heteroatoms. The zero-order valence-electron chi connectivity index (χ0n) is 15.8. The molecule has 0 unspecified atom stereocenters. The summed E-state index contributed by atoms with van der Waals surface area (Å²) in [6.45, 7) is 0.264. The lowest BCUT2D eigenvalue weighted by molar-refractivity contribution is -0.129. The van der Waals surface area contributed by atoms with E-state index in [4.69, 9.17) is 5.21 Å². The molecule has 28 heavy (non-hydrogen) atoms. The first-order valence-corrected chi connectivity index (χ1v) is 11.1. The number of hydroxylamine groups is 1. The summed E-state index contributed by atoms with van der Waals surface area (Å²) in [5.41, 5.74) is 3.58. The van der Waals surface area contributed by atoms with E-state index >= 15 is 0 Å². The highest BCUT2D eigenvalue weighted by Gasteiger charge is 2.38. The first-order chi connectivity index (χ1) is 13.6. The third kappa shape index (κ3) is 4.94. The molecule has 2 aromatic rings. The molecule has 1 aromatic carbocycles. The Hall–Kier alpha value is -1.87. The summed E-state index contributed by atoms with van der Waals surface area (Å²) in [4.78, 5) is 26.0. The highest BCUT2D eigenvalue weighted by atomic mass is 32.2. The first-order valence-electron chi connectivity index (χ1n) is 9.28. The average Bonchev–Trinajstić information content (AvgIpc) is 3.20. The molecular formula is C20H25N3O3S2. The molecule has 0 spiro atoms. The summed E-state index contributed by atoms with van der Waals surface area (Å²) in [5, 5.41) is 14.7. The molecule has 6 nitrogen and oxygen atoms in total. The largest absolute Gasteiger partial charge is 0.325 e. The Bertz CT molecular complexity index is 832. The van der Waals surface area contributed by atoms with Crippen LogP contribution >= 0.6 is 23.1 Å². The van der Waals surface area contributed by atoms with Gasteiger partial charge in [-0.1, -0.05) is 18.6 Å². The summed E-state index contributed by atoms with van der Waals surface area (Å²) >= 11 is 3.48. The predicted molar refractivity (Wildman–Crippen MR) is 115 cm³/mol. The van der Waals surface area contributed by atoms with Crippen molar-refractivity contribution in [3.63, 3.8) is 0 Å². The maximum absolute atomic E-state index is 11.9. The van der Waals surface area contributed by atoms with Gasteiger partial charge in [0, 0.05) is 21.9 Å². The van der Waals surface area contributed by atoms with Gasteiger partial charge in [0.25, 0.3) is 0 Å². The summed E-state index contributed by atoms with van der Waals surface area (Å²) < 4.78 is -0.285. The number of hydrogen-bond acceptors (Lipinski definition) is 6. The number of nitrogens with one attached hydrogen (secondary N) is 3. The minimum atomic E-state index is -0.349. The van der Waals surface area contributed by atoms with Gasteiger partial charge in [-0.15, -0.1) is 23.1 Å². The lowest BCUT2D eigenvalue weighted by atomic mass is 9.94. The quantitative estimate of drug-likeness (QED) is 0.407. The van der Waals surface area contributed by atoms with Crippen LogP contribution in [0.5, 0.6) is 0 Å². The van der Waals surface area contributed by atoms with Crippen molar-refractivity contribution in [1.82, 2.24) is 10.8 Å². The topological polar surface area (TPSA) is 90.5 Å². The fraction of sp³-hybridized carbons (Fsp3) is 0.400. The van der Waals surface area contributed by atoms with Gasteiger partial charge in [0.05, 0.1) is 11.3 Å². The highest BCUT2D eigenvalue weighted by molar-refractivity contribution is 8.00. The maximum Gasteiger partial charge on any atom is 0.245 e. The molecule has 150 valence electrons. The van der Waals surface area contributed by atoms with E-state index in [0.717, 1.165) is 46.0 Å². The number of amides is 2. The minimum absolute atomic E-state index is 0.0842. The van der Waals surface area contributed by atoms with Crippen molar-refractivity contribution in [2.75, 3.05) is 24.7 Å². The second kappa shape index (κ2) is 9.56. The number of carbonyl (C=O) groups is 2. The van der Waals surface area contributed by atoms with Crippen LogP contribution in [0.1, 0.15) is 30.6 Å². The summed E-state index contributed by atoms with van der Waals surface area (Å²) in [7, 11) is 1.74. The van der Waals surface area contributed by atoms with Gasteiger partial charge in [0.15, 0.2) is 0 Å². The molecule has 4 N–H and O–H groups in total. The number of carbonyl (C=O) groups excluding carboxylic acids is 2. The molecule has 1 saturated heterocycles. The number of hydrogen-bond donors (Lipinski definition) is 4. The van der Waals surface area contributed by atoms with Crippen molar-refractivity contribution in [2.45, 2.75) is 30.4 Å². The molecule has 1 aromatic heterocycles. The van der Waals surface area contributed by atoms with Gasteiger partial charge in [-0.25, -0.2) is 5.48 Å².